The van der Waals surface area contributed by atoms with Crippen LogP contribution in [-0.4, -0.2) is 26.7 Å². The molecule has 3 aromatic carbocycles. The summed E-state index contributed by atoms with van der Waals surface area (Å²) in [5.74, 6) is 0.594. The van der Waals surface area contributed by atoms with E-state index in [1.807, 2.05) is 18.2 Å². The average Bonchev–Trinajstić information content (AvgIpc) is 2.67. The van der Waals surface area contributed by atoms with Crippen molar-refractivity contribution in [2.75, 3.05) is 6.61 Å². The predicted octanol–water partition coefficient (Wildman–Crippen LogP) is 9.30. The Morgan fingerprint density at radius 1 is 0.800 bits per heavy atom. The zero-order valence-electron chi connectivity index (χ0n) is 22.1. The summed E-state index contributed by atoms with van der Waals surface area (Å²) in [6, 6.07) is 17.5. The van der Waals surface area contributed by atoms with Crippen molar-refractivity contribution in [1.82, 2.24) is 0 Å². The van der Waals surface area contributed by atoms with E-state index < -0.39 is 20.9 Å². The zero-order valence-corrected chi connectivity index (χ0v) is 23.1. The van der Waals surface area contributed by atoms with Gasteiger partial charge in [0.1, 0.15) is 5.75 Å². The molecule has 0 unspecified atom stereocenters. The van der Waals surface area contributed by atoms with Crippen LogP contribution in [0.2, 0.25) is 19.1 Å². The largest absolute Gasteiger partial charge is 0.494 e. The molecular weight excluding hydrogens is 465 g/mol. The van der Waals surface area contributed by atoms with E-state index in [2.05, 4.69) is 78.0 Å². The average molecular weight is 505 g/mol. The van der Waals surface area contributed by atoms with Crippen LogP contribution in [0.3, 0.4) is 0 Å². The molecule has 35 heavy (non-hydrogen) atoms. The highest BCUT2D eigenvalue weighted by Gasteiger charge is 2.35. The van der Waals surface area contributed by atoms with Gasteiger partial charge in [0.05, 0.1) is 12.2 Å². The van der Waals surface area contributed by atoms with E-state index in [0.717, 1.165) is 34.0 Å². The van der Waals surface area contributed by atoms with Crippen LogP contribution in [0, 0.1) is 5.41 Å². The summed E-state index contributed by atoms with van der Waals surface area (Å²) in [6.45, 7) is 15.8. The van der Waals surface area contributed by atoms with Crippen molar-refractivity contribution in [3.63, 3.8) is 0 Å². The second kappa shape index (κ2) is 10.1. The molecule has 0 aliphatic rings. The zero-order chi connectivity index (χ0) is 26.1. The van der Waals surface area contributed by atoms with Gasteiger partial charge < -0.3 is 9.16 Å². The molecule has 0 spiro atoms. The molecule has 0 heterocycles. The Bertz CT molecular complexity index is 1160. The minimum absolute atomic E-state index is 0.0425. The van der Waals surface area contributed by atoms with Crippen molar-refractivity contribution in [3.8, 4) is 5.75 Å². The Labute approximate surface area is 208 Å². The molecule has 3 aromatic rings. The molecule has 0 bridgehead atoms. The molecule has 0 atom stereocenters. The molecule has 0 radical (unpaired) electrons. The fraction of sp³-hybridized carbons (Fsp3) is 0.517. The number of ether oxygens (including phenoxy) is 1. The number of benzene rings is 3. The van der Waals surface area contributed by atoms with E-state index in [1.54, 1.807) is 0 Å². The summed E-state index contributed by atoms with van der Waals surface area (Å²) in [7, 11) is -1.85. The molecule has 0 fully saturated rings. The first-order valence-corrected chi connectivity index (χ1v) is 15.5. The molecular formula is C29H39F3O2Si. The van der Waals surface area contributed by atoms with Gasteiger partial charge in [-0.3, -0.25) is 0 Å². The molecule has 192 valence electrons. The normalized spacial score (nSPS) is 13.5. The number of alkyl halides is 3. The van der Waals surface area contributed by atoms with E-state index in [-0.39, 0.29) is 24.0 Å². The van der Waals surface area contributed by atoms with Crippen LogP contribution in [0.5, 0.6) is 5.75 Å². The molecule has 6 heteroatoms. The fourth-order valence-electron chi connectivity index (χ4n) is 5.33. The number of fused-ring (bicyclic) bond motifs is 3. The van der Waals surface area contributed by atoms with Crippen LogP contribution < -0.4 is 4.74 Å². The summed E-state index contributed by atoms with van der Waals surface area (Å²) in [6.07, 6.45) is -4.24. The van der Waals surface area contributed by atoms with Crippen molar-refractivity contribution in [2.24, 2.45) is 5.41 Å². The van der Waals surface area contributed by atoms with E-state index >= 15 is 0 Å². The van der Waals surface area contributed by atoms with Gasteiger partial charge in [-0.05, 0) is 90.5 Å². The van der Waals surface area contributed by atoms with Crippen LogP contribution in [0.1, 0.15) is 53.0 Å². The Morgan fingerprint density at radius 3 is 1.97 bits per heavy atom. The molecule has 0 N–H and O–H groups in total. The molecule has 0 amide bonds. The summed E-state index contributed by atoms with van der Waals surface area (Å²) in [5, 5.41) is 4.35. The molecule has 2 nitrogen and oxygen atoms in total. The summed E-state index contributed by atoms with van der Waals surface area (Å²) >= 11 is 0. The first-order chi connectivity index (χ1) is 16.0. The minimum atomic E-state index is -4.15. The van der Waals surface area contributed by atoms with Crippen molar-refractivity contribution < 1.29 is 22.3 Å². The highest BCUT2D eigenvalue weighted by molar-refractivity contribution is 6.71. The van der Waals surface area contributed by atoms with Crippen LogP contribution in [-0.2, 0) is 10.8 Å². The lowest BCUT2D eigenvalue weighted by Crippen LogP contribution is -2.44. The number of rotatable bonds is 9. The van der Waals surface area contributed by atoms with Gasteiger partial charge in [-0.25, -0.2) is 0 Å². The van der Waals surface area contributed by atoms with Gasteiger partial charge in [0.2, 0.25) is 0 Å². The Hall–Kier alpha value is -2.05. The lowest BCUT2D eigenvalue weighted by Gasteiger charge is -2.38. The monoisotopic (exact) mass is 504 g/mol. The van der Waals surface area contributed by atoms with Gasteiger partial charge in [0, 0.05) is 6.42 Å². The van der Waals surface area contributed by atoms with Crippen LogP contribution in [0.25, 0.3) is 21.5 Å². The lowest BCUT2D eigenvalue weighted by molar-refractivity contribution is -0.136. The summed E-state index contributed by atoms with van der Waals surface area (Å²) < 4.78 is 49.7. The molecule has 0 saturated heterocycles. The third-order valence-corrected chi connectivity index (χ3v) is 8.90. The number of halogens is 3. The molecule has 3 rings (SSSR count). The lowest BCUT2D eigenvalue weighted by atomic mass is 9.94. The highest BCUT2D eigenvalue weighted by Crippen LogP contribution is 2.34. The maximum atomic E-state index is 12.4. The van der Waals surface area contributed by atoms with Gasteiger partial charge in [0.15, 0.2) is 8.32 Å². The van der Waals surface area contributed by atoms with Gasteiger partial charge in [0.25, 0.3) is 0 Å². The van der Waals surface area contributed by atoms with Gasteiger partial charge in [-0.1, -0.05) is 57.2 Å². The van der Waals surface area contributed by atoms with Crippen molar-refractivity contribution >= 4 is 29.9 Å². The summed E-state index contributed by atoms with van der Waals surface area (Å²) in [4.78, 5) is 0. The number of hydrogen-bond acceptors (Lipinski definition) is 2. The highest BCUT2D eigenvalue weighted by atomic mass is 28.4. The molecule has 0 aliphatic heterocycles. The van der Waals surface area contributed by atoms with Crippen LogP contribution >= 0.6 is 0 Å². The van der Waals surface area contributed by atoms with E-state index in [1.165, 1.54) is 5.56 Å². The van der Waals surface area contributed by atoms with E-state index in [4.69, 9.17) is 9.16 Å². The van der Waals surface area contributed by atoms with Crippen molar-refractivity contribution in [1.29, 1.82) is 0 Å². The second-order valence-corrected chi connectivity index (χ2v) is 16.2. The van der Waals surface area contributed by atoms with Gasteiger partial charge >= 0.3 is 6.18 Å². The maximum absolute atomic E-state index is 12.4. The Morgan fingerprint density at radius 2 is 1.37 bits per heavy atom. The smallest absolute Gasteiger partial charge is 0.389 e. The van der Waals surface area contributed by atoms with Crippen molar-refractivity contribution in [3.05, 3.63) is 54.1 Å². The fourth-order valence-corrected chi connectivity index (χ4v) is 9.52. The first kappa shape index (κ1) is 27.5. The topological polar surface area (TPSA) is 18.5 Å². The van der Waals surface area contributed by atoms with Crippen molar-refractivity contribution in [2.45, 2.75) is 84.8 Å². The standard InChI is InChI=1S/C29H39F3O2Si/c1-27(2,3)20-35(6,7)34-28(4,5)19-21-9-10-22-11-12-23-13-14-24(18-26(23)25(22)17-21)33-16-8-15-29(30,31)32/h9-14,17-18H,8,15-16,19-20H2,1-7H3. The van der Waals surface area contributed by atoms with Crippen LogP contribution in [0.4, 0.5) is 13.2 Å². The Kier molecular flexibility index (Phi) is 7.97. The summed E-state index contributed by atoms with van der Waals surface area (Å²) in [5.41, 5.74) is 1.15. The third-order valence-electron chi connectivity index (χ3n) is 5.89. The SMILES string of the molecule is CC(C)(C)C[Si](C)(C)OC(C)(C)Cc1ccc2ccc3ccc(OCCCC(F)(F)F)cc3c2c1. The van der Waals surface area contributed by atoms with Crippen LogP contribution in [0.15, 0.2) is 48.5 Å². The first-order valence-electron chi connectivity index (χ1n) is 12.4. The number of hydrogen-bond donors (Lipinski definition) is 0. The van der Waals surface area contributed by atoms with Gasteiger partial charge in [-0.2, -0.15) is 13.2 Å². The van der Waals surface area contributed by atoms with Gasteiger partial charge in [-0.15, -0.1) is 0 Å². The predicted molar refractivity (Wildman–Crippen MR) is 143 cm³/mol. The maximum Gasteiger partial charge on any atom is 0.389 e. The quantitative estimate of drug-likeness (QED) is 0.164. The Balaban J connectivity index is 1.82. The minimum Gasteiger partial charge on any atom is -0.494 e. The van der Waals surface area contributed by atoms with E-state index in [0.29, 0.717) is 5.75 Å². The third kappa shape index (κ3) is 8.53. The molecule has 0 saturated carbocycles. The van der Waals surface area contributed by atoms with E-state index in [9.17, 15) is 13.2 Å². The molecule has 0 aromatic heterocycles. The molecule has 0 aliphatic carbocycles. The second-order valence-electron chi connectivity index (χ2n) is 12.1.